The van der Waals surface area contributed by atoms with Crippen LogP contribution in [0, 0.1) is 0 Å². The molecule has 1 aliphatic heterocycles. The highest BCUT2D eigenvalue weighted by atomic mass is 31.2. The van der Waals surface area contributed by atoms with Crippen molar-refractivity contribution in [3.8, 4) is 0 Å². The Kier molecular flexibility index (Phi) is 4.82. The summed E-state index contributed by atoms with van der Waals surface area (Å²) in [7, 11) is -2.06. The lowest BCUT2D eigenvalue weighted by molar-refractivity contribution is 0.0460. The van der Waals surface area contributed by atoms with Crippen LogP contribution in [0.5, 0.6) is 0 Å². The molecule has 1 heterocycles. The summed E-state index contributed by atoms with van der Waals surface area (Å²) in [5.74, 6) is 0. The average Bonchev–Trinajstić information content (AvgIpc) is 2.18. The molecule has 1 aliphatic rings. The molecular formula is C11H24NO2P. The van der Waals surface area contributed by atoms with Gasteiger partial charge in [-0.1, -0.05) is 27.7 Å². The van der Waals surface area contributed by atoms with Crippen molar-refractivity contribution in [1.82, 2.24) is 4.90 Å². The van der Waals surface area contributed by atoms with E-state index in [1.165, 1.54) is 0 Å². The van der Waals surface area contributed by atoms with Crippen LogP contribution in [0.4, 0.5) is 0 Å². The van der Waals surface area contributed by atoms with Crippen LogP contribution in [-0.2, 0) is 9.30 Å². The molecule has 1 fully saturated rings. The Labute approximate surface area is 93.5 Å². The van der Waals surface area contributed by atoms with Crippen molar-refractivity contribution in [3.05, 3.63) is 0 Å². The fourth-order valence-electron chi connectivity index (χ4n) is 1.98. The van der Waals surface area contributed by atoms with Crippen LogP contribution in [0.15, 0.2) is 0 Å². The zero-order valence-electron chi connectivity index (χ0n) is 10.4. The minimum atomic E-state index is -2.06. The maximum absolute atomic E-state index is 12.8. The highest BCUT2D eigenvalue weighted by Gasteiger charge is 2.32. The van der Waals surface area contributed by atoms with E-state index in [4.69, 9.17) is 4.74 Å². The number of ether oxygens (including phenoxy) is 1. The van der Waals surface area contributed by atoms with Gasteiger partial charge in [-0.05, 0) is 0 Å². The van der Waals surface area contributed by atoms with E-state index in [2.05, 4.69) is 32.6 Å². The number of hydrogen-bond acceptors (Lipinski definition) is 3. The average molecular weight is 233 g/mol. The Balaban J connectivity index is 2.62. The molecule has 0 saturated carbocycles. The number of hydrogen-bond donors (Lipinski definition) is 0. The lowest BCUT2D eigenvalue weighted by atomic mass is 10.5. The number of rotatable bonds is 4. The molecule has 3 nitrogen and oxygen atoms in total. The van der Waals surface area contributed by atoms with E-state index < -0.39 is 7.14 Å². The molecular weight excluding hydrogens is 209 g/mol. The zero-order valence-corrected chi connectivity index (χ0v) is 11.3. The van der Waals surface area contributed by atoms with Crippen molar-refractivity contribution in [1.29, 1.82) is 0 Å². The first-order valence-corrected chi connectivity index (χ1v) is 7.88. The van der Waals surface area contributed by atoms with E-state index in [1.807, 2.05) is 0 Å². The van der Waals surface area contributed by atoms with Gasteiger partial charge in [0.1, 0.15) is 7.14 Å². The minimum Gasteiger partial charge on any atom is -0.379 e. The van der Waals surface area contributed by atoms with Crippen molar-refractivity contribution in [2.24, 2.45) is 0 Å². The molecule has 0 bridgehead atoms. The van der Waals surface area contributed by atoms with Crippen molar-refractivity contribution in [2.75, 3.05) is 32.6 Å². The fourth-order valence-corrected chi connectivity index (χ4v) is 4.73. The van der Waals surface area contributed by atoms with Gasteiger partial charge in [0, 0.05) is 24.4 Å². The summed E-state index contributed by atoms with van der Waals surface area (Å²) in [6.45, 7) is 11.8. The van der Waals surface area contributed by atoms with Gasteiger partial charge in [-0.15, -0.1) is 0 Å². The van der Waals surface area contributed by atoms with Gasteiger partial charge in [-0.25, -0.2) is 0 Å². The van der Waals surface area contributed by atoms with Crippen molar-refractivity contribution >= 4 is 7.14 Å². The van der Waals surface area contributed by atoms with E-state index >= 15 is 0 Å². The maximum atomic E-state index is 12.8. The first kappa shape index (κ1) is 13.2. The predicted octanol–water partition coefficient (Wildman–Crippen LogP) is 2.46. The Morgan fingerprint density at radius 2 is 1.60 bits per heavy atom. The molecule has 0 aromatic rings. The van der Waals surface area contributed by atoms with Crippen LogP contribution in [0.2, 0.25) is 0 Å². The van der Waals surface area contributed by atoms with Gasteiger partial charge in [0.2, 0.25) is 0 Å². The third kappa shape index (κ3) is 3.30. The summed E-state index contributed by atoms with van der Waals surface area (Å²) in [4.78, 5) is 2.30. The summed E-state index contributed by atoms with van der Waals surface area (Å²) >= 11 is 0. The molecule has 90 valence electrons. The fraction of sp³-hybridized carbons (Fsp3) is 1.00. The first-order valence-electron chi connectivity index (χ1n) is 5.85. The molecule has 15 heavy (non-hydrogen) atoms. The lowest BCUT2D eigenvalue weighted by Gasteiger charge is -2.34. The highest BCUT2D eigenvalue weighted by molar-refractivity contribution is 7.65. The smallest absolute Gasteiger partial charge is 0.106 e. The topological polar surface area (TPSA) is 29.5 Å². The van der Waals surface area contributed by atoms with Crippen LogP contribution < -0.4 is 0 Å². The second-order valence-electron chi connectivity index (χ2n) is 4.91. The van der Waals surface area contributed by atoms with Crippen LogP contribution in [-0.4, -0.2) is 48.8 Å². The molecule has 0 unspecified atom stereocenters. The Morgan fingerprint density at radius 1 is 1.13 bits per heavy atom. The number of nitrogens with zero attached hydrogens (tertiary/aromatic N) is 1. The molecule has 1 rings (SSSR count). The van der Waals surface area contributed by atoms with Crippen molar-refractivity contribution in [2.45, 2.75) is 39.0 Å². The molecule has 1 saturated heterocycles. The van der Waals surface area contributed by atoms with Gasteiger partial charge in [-0.3, -0.25) is 4.90 Å². The second kappa shape index (κ2) is 5.47. The van der Waals surface area contributed by atoms with Gasteiger partial charge >= 0.3 is 0 Å². The molecule has 0 spiro atoms. The van der Waals surface area contributed by atoms with Gasteiger partial charge in [0.05, 0.1) is 19.5 Å². The van der Waals surface area contributed by atoms with E-state index in [-0.39, 0.29) is 0 Å². The molecule has 0 atom stereocenters. The summed E-state index contributed by atoms with van der Waals surface area (Å²) in [5.41, 5.74) is 0.584. The third-order valence-corrected chi connectivity index (χ3v) is 7.61. The number of morpholine rings is 1. The normalized spacial score (nSPS) is 20.1. The zero-order chi connectivity index (χ0) is 11.5. The molecule has 0 amide bonds. The monoisotopic (exact) mass is 233 g/mol. The highest BCUT2D eigenvalue weighted by Crippen LogP contribution is 2.55. The second-order valence-corrected chi connectivity index (χ2v) is 8.97. The van der Waals surface area contributed by atoms with Crippen LogP contribution in [0.25, 0.3) is 0 Å². The van der Waals surface area contributed by atoms with E-state index in [0.717, 1.165) is 32.6 Å². The van der Waals surface area contributed by atoms with E-state index in [9.17, 15) is 4.57 Å². The Morgan fingerprint density at radius 3 is 2.00 bits per heavy atom. The lowest BCUT2D eigenvalue weighted by Crippen LogP contribution is -2.38. The summed E-state index contributed by atoms with van der Waals surface area (Å²) < 4.78 is 18.1. The molecule has 0 N–H and O–H groups in total. The van der Waals surface area contributed by atoms with Gasteiger partial charge in [0.25, 0.3) is 0 Å². The standard InChI is InChI=1S/C11H24NO2P/c1-10(2)15(13,11(3)4)9-12-5-7-14-8-6-12/h10-11H,5-9H2,1-4H3. The Hall–Kier alpha value is 0.150. The molecule has 4 heteroatoms. The molecule has 0 aromatic heterocycles. The van der Waals surface area contributed by atoms with Gasteiger partial charge in [-0.2, -0.15) is 0 Å². The van der Waals surface area contributed by atoms with Gasteiger partial charge < -0.3 is 9.30 Å². The predicted molar refractivity (Wildman–Crippen MR) is 65.1 cm³/mol. The maximum Gasteiger partial charge on any atom is 0.106 e. The summed E-state index contributed by atoms with van der Waals surface area (Å²) in [6, 6.07) is 0. The molecule has 0 radical (unpaired) electrons. The largest absolute Gasteiger partial charge is 0.379 e. The van der Waals surface area contributed by atoms with Crippen molar-refractivity contribution < 1.29 is 9.30 Å². The van der Waals surface area contributed by atoms with Crippen LogP contribution in [0.3, 0.4) is 0 Å². The van der Waals surface area contributed by atoms with Crippen LogP contribution in [0.1, 0.15) is 27.7 Å². The first-order chi connectivity index (χ1) is 6.97. The molecule has 0 aromatic carbocycles. The SMILES string of the molecule is CC(C)P(=O)(CN1CCOCC1)C(C)C. The quantitative estimate of drug-likeness (QED) is 0.698. The Bertz CT molecular complexity index is 223. The summed E-state index contributed by atoms with van der Waals surface area (Å²) in [5, 5.41) is 0. The third-order valence-electron chi connectivity index (χ3n) is 3.27. The van der Waals surface area contributed by atoms with Crippen molar-refractivity contribution in [3.63, 3.8) is 0 Å². The van der Waals surface area contributed by atoms with Crippen LogP contribution >= 0.6 is 7.14 Å². The van der Waals surface area contributed by atoms with Gasteiger partial charge in [0.15, 0.2) is 0 Å². The van der Waals surface area contributed by atoms with E-state index in [0.29, 0.717) is 11.3 Å². The molecule has 0 aliphatic carbocycles. The summed E-state index contributed by atoms with van der Waals surface area (Å²) in [6.07, 6.45) is 0.770. The minimum absolute atomic E-state index is 0.292. The van der Waals surface area contributed by atoms with E-state index in [1.54, 1.807) is 0 Å².